The van der Waals surface area contributed by atoms with Gasteiger partial charge in [0.15, 0.2) is 0 Å². The van der Waals surface area contributed by atoms with Crippen LogP contribution in [0.5, 0.6) is 0 Å². The molecule has 2 aromatic rings. The van der Waals surface area contributed by atoms with Crippen molar-refractivity contribution in [3.8, 4) is 0 Å². The summed E-state index contributed by atoms with van der Waals surface area (Å²) in [5.74, 6) is 0.641. The molecule has 0 N–H and O–H groups in total. The minimum atomic E-state index is 0.641. The molecule has 2 nitrogen and oxygen atoms in total. The largest absolute Gasteiger partial charge is 0.306 e. The molecule has 0 radical (unpaired) electrons. The summed E-state index contributed by atoms with van der Waals surface area (Å²) in [5, 5.41) is 1.34. The van der Waals surface area contributed by atoms with Crippen LogP contribution in [0, 0.1) is 0 Å². The molecule has 0 aliphatic heterocycles. The topological polar surface area (TPSA) is 16.1 Å². The average Bonchev–Trinajstić information content (AvgIpc) is 2.95. The van der Waals surface area contributed by atoms with Crippen LogP contribution in [0.2, 0.25) is 0 Å². The number of nitrogens with zero attached hydrogens (tertiary/aromatic N) is 2. The lowest BCUT2D eigenvalue weighted by atomic mass is 10.0. The number of thiazole rings is 1. The Bertz CT molecular complexity index is 485. The number of likely N-dealkylation sites (N-methyl/N-ethyl adjacent to an activating group) is 1. The van der Waals surface area contributed by atoms with Crippen molar-refractivity contribution >= 4 is 21.6 Å². The highest BCUT2D eigenvalue weighted by Crippen LogP contribution is 2.39. The van der Waals surface area contributed by atoms with E-state index < -0.39 is 0 Å². The monoisotopic (exact) mass is 246 g/mol. The SMILES string of the molecule is CN(C)C1CCC[C@H]1c1nc2ccccc2s1. The van der Waals surface area contributed by atoms with Crippen LogP contribution in [-0.2, 0) is 0 Å². The van der Waals surface area contributed by atoms with Crippen molar-refractivity contribution in [3.05, 3.63) is 29.3 Å². The first-order valence-electron chi connectivity index (χ1n) is 6.27. The highest BCUT2D eigenvalue weighted by Gasteiger charge is 2.32. The Labute approximate surface area is 106 Å². The lowest BCUT2D eigenvalue weighted by Gasteiger charge is -2.24. The quantitative estimate of drug-likeness (QED) is 0.806. The fraction of sp³-hybridized carbons (Fsp3) is 0.500. The normalized spacial score (nSPS) is 24.9. The van der Waals surface area contributed by atoms with Crippen LogP contribution in [0.25, 0.3) is 10.2 Å². The summed E-state index contributed by atoms with van der Waals surface area (Å²) in [4.78, 5) is 7.18. The van der Waals surface area contributed by atoms with E-state index in [0.29, 0.717) is 12.0 Å². The number of rotatable bonds is 2. The van der Waals surface area contributed by atoms with E-state index in [1.165, 1.54) is 29.0 Å². The first-order valence-corrected chi connectivity index (χ1v) is 7.09. The van der Waals surface area contributed by atoms with Gasteiger partial charge in [-0.3, -0.25) is 0 Å². The maximum absolute atomic E-state index is 4.82. The van der Waals surface area contributed by atoms with E-state index in [0.717, 1.165) is 5.52 Å². The Morgan fingerprint density at radius 2 is 2.06 bits per heavy atom. The third kappa shape index (κ3) is 1.98. The summed E-state index contributed by atoms with van der Waals surface area (Å²) in [5.41, 5.74) is 1.16. The lowest BCUT2D eigenvalue weighted by molar-refractivity contribution is 0.276. The summed E-state index contributed by atoms with van der Waals surface area (Å²) in [6, 6.07) is 9.15. The van der Waals surface area contributed by atoms with Gasteiger partial charge in [0, 0.05) is 12.0 Å². The van der Waals surface area contributed by atoms with Gasteiger partial charge in [0.05, 0.1) is 15.2 Å². The number of para-hydroxylation sites is 1. The zero-order valence-corrected chi connectivity index (χ0v) is 11.2. The first-order chi connectivity index (χ1) is 8.25. The van der Waals surface area contributed by atoms with Crippen molar-refractivity contribution in [2.75, 3.05) is 14.1 Å². The van der Waals surface area contributed by atoms with Gasteiger partial charge >= 0.3 is 0 Å². The molecule has 0 saturated heterocycles. The fourth-order valence-corrected chi connectivity index (χ4v) is 4.06. The van der Waals surface area contributed by atoms with Crippen molar-refractivity contribution < 1.29 is 0 Å². The summed E-state index contributed by atoms with van der Waals surface area (Å²) >= 11 is 1.88. The van der Waals surface area contributed by atoms with Crippen LogP contribution in [0.4, 0.5) is 0 Å². The van der Waals surface area contributed by atoms with Gasteiger partial charge in [-0.25, -0.2) is 4.98 Å². The summed E-state index contributed by atoms with van der Waals surface area (Å²) in [6.07, 6.45) is 3.94. The number of benzene rings is 1. The molecular formula is C14H18N2S. The Hall–Kier alpha value is -0.930. The maximum Gasteiger partial charge on any atom is 0.0985 e. The highest BCUT2D eigenvalue weighted by atomic mass is 32.1. The number of aromatic nitrogens is 1. The maximum atomic E-state index is 4.82. The third-order valence-corrected chi connectivity index (χ3v) is 4.94. The molecule has 3 rings (SSSR count). The predicted octanol–water partition coefficient (Wildman–Crippen LogP) is 3.49. The first kappa shape index (κ1) is 11.2. The third-order valence-electron chi connectivity index (χ3n) is 3.77. The van der Waals surface area contributed by atoms with Gasteiger partial charge in [0.1, 0.15) is 0 Å². The van der Waals surface area contributed by atoms with E-state index in [1.807, 2.05) is 11.3 Å². The summed E-state index contributed by atoms with van der Waals surface area (Å²) < 4.78 is 1.33. The Morgan fingerprint density at radius 1 is 1.24 bits per heavy atom. The second-order valence-electron chi connectivity index (χ2n) is 5.09. The summed E-state index contributed by atoms with van der Waals surface area (Å²) in [6.45, 7) is 0. The van der Waals surface area contributed by atoms with Gasteiger partial charge in [-0.15, -0.1) is 11.3 Å². The molecule has 1 aromatic carbocycles. The van der Waals surface area contributed by atoms with Gasteiger partial charge in [0.2, 0.25) is 0 Å². The molecule has 0 spiro atoms. The molecule has 2 atom stereocenters. The van der Waals surface area contributed by atoms with E-state index in [9.17, 15) is 0 Å². The van der Waals surface area contributed by atoms with Crippen LogP contribution >= 0.6 is 11.3 Å². The molecule has 90 valence electrons. The van der Waals surface area contributed by atoms with Gasteiger partial charge in [-0.1, -0.05) is 18.6 Å². The molecule has 1 fully saturated rings. The predicted molar refractivity (Wildman–Crippen MR) is 73.7 cm³/mol. The van der Waals surface area contributed by atoms with Crippen LogP contribution in [0.1, 0.15) is 30.2 Å². The van der Waals surface area contributed by atoms with Crippen molar-refractivity contribution in [2.45, 2.75) is 31.2 Å². The van der Waals surface area contributed by atoms with E-state index in [1.54, 1.807) is 0 Å². The van der Waals surface area contributed by atoms with Crippen LogP contribution in [0.15, 0.2) is 24.3 Å². The number of hydrogen-bond acceptors (Lipinski definition) is 3. The van der Waals surface area contributed by atoms with Crippen LogP contribution < -0.4 is 0 Å². The minimum Gasteiger partial charge on any atom is -0.306 e. The second kappa shape index (κ2) is 4.39. The molecule has 1 aliphatic carbocycles. The lowest BCUT2D eigenvalue weighted by Crippen LogP contribution is -2.29. The van der Waals surface area contributed by atoms with Gasteiger partial charge in [0.25, 0.3) is 0 Å². The molecular weight excluding hydrogens is 228 g/mol. The Kier molecular flexibility index (Phi) is 2.89. The van der Waals surface area contributed by atoms with Crippen molar-refractivity contribution in [3.63, 3.8) is 0 Å². The molecule has 0 bridgehead atoms. The molecule has 1 unspecified atom stereocenters. The summed E-state index contributed by atoms with van der Waals surface area (Å²) in [7, 11) is 4.38. The van der Waals surface area contributed by atoms with Crippen LogP contribution in [-0.4, -0.2) is 30.0 Å². The van der Waals surface area contributed by atoms with Gasteiger partial charge < -0.3 is 4.90 Å². The van der Waals surface area contributed by atoms with E-state index in [-0.39, 0.29) is 0 Å². The average molecular weight is 246 g/mol. The Morgan fingerprint density at radius 3 is 2.82 bits per heavy atom. The zero-order chi connectivity index (χ0) is 11.8. The second-order valence-corrected chi connectivity index (χ2v) is 6.15. The number of fused-ring (bicyclic) bond motifs is 1. The molecule has 17 heavy (non-hydrogen) atoms. The van der Waals surface area contributed by atoms with Crippen molar-refractivity contribution in [1.82, 2.24) is 9.88 Å². The van der Waals surface area contributed by atoms with Crippen LogP contribution in [0.3, 0.4) is 0 Å². The standard InChI is InChI=1S/C14H18N2S/c1-16(2)12-8-5-6-10(12)14-15-11-7-3-4-9-13(11)17-14/h3-4,7,9-10,12H,5-6,8H2,1-2H3/t10-,12?/m1/s1. The molecule has 1 heterocycles. The molecule has 1 saturated carbocycles. The fourth-order valence-electron chi connectivity index (χ4n) is 2.90. The molecule has 1 aromatic heterocycles. The molecule has 3 heteroatoms. The van der Waals surface area contributed by atoms with E-state index in [4.69, 9.17) is 4.98 Å². The van der Waals surface area contributed by atoms with E-state index >= 15 is 0 Å². The van der Waals surface area contributed by atoms with Crippen molar-refractivity contribution in [1.29, 1.82) is 0 Å². The molecule has 1 aliphatic rings. The van der Waals surface area contributed by atoms with Gasteiger partial charge in [-0.2, -0.15) is 0 Å². The smallest absolute Gasteiger partial charge is 0.0985 e. The highest BCUT2D eigenvalue weighted by molar-refractivity contribution is 7.18. The van der Waals surface area contributed by atoms with E-state index in [2.05, 4.69) is 43.3 Å². The Balaban J connectivity index is 1.97. The zero-order valence-electron chi connectivity index (χ0n) is 10.4. The van der Waals surface area contributed by atoms with Gasteiger partial charge in [-0.05, 0) is 39.1 Å². The molecule has 0 amide bonds. The van der Waals surface area contributed by atoms with Crippen molar-refractivity contribution in [2.24, 2.45) is 0 Å². The number of hydrogen-bond donors (Lipinski definition) is 0. The minimum absolute atomic E-state index is 0.641.